The predicted molar refractivity (Wildman–Crippen MR) is 74.0 cm³/mol. The van der Waals surface area contributed by atoms with Crippen LogP contribution >= 0.6 is 0 Å². The van der Waals surface area contributed by atoms with Crippen LogP contribution in [0.15, 0.2) is 12.2 Å². The number of hydrogen-bond donors (Lipinski definition) is 2. The van der Waals surface area contributed by atoms with Gasteiger partial charge in [0.1, 0.15) is 0 Å². The van der Waals surface area contributed by atoms with Crippen molar-refractivity contribution in [3.63, 3.8) is 0 Å². The molecular formula is C15H29NO. The van der Waals surface area contributed by atoms with Crippen molar-refractivity contribution in [1.82, 2.24) is 5.32 Å². The lowest BCUT2D eigenvalue weighted by Gasteiger charge is -2.20. The van der Waals surface area contributed by atoms with Gasteiger partial charge in [-0.1, -0.05) is 26.0 Å². The van der Waals surface area contributed by atoms with Crippen LogP contribution in [0.2, 0.25) is 0 Å². The molecule has 1 aliphatic carbocycles. The van der Waals surface area contributed by atoms with E-state index in [0.717, 1.165) is 24.8 Å². The Balaban J connectivity index is 2.10. The van der Waals surface area contributed by atoms with Crippen molar-refractivity contribution in [1.29, 1.82) is 0 Å². The molecule has 2 heteroatoms. The van der Waals surface area contributed by atoms with Crippen LogP contribution in [0.4, 0.5) is 0 Å². The molecule has 0 aromatic carbocycles. The zero-order chi connectivity index (χ0) is 12.5. The monoisotopic (exact) mass is 239 g/mol. The van der Waals surface area contributed by atoms with E-state index in [9.17, 15) is 5.11 Å². The minimum absolute atomic E-state index is 0.271. The summed E-state index contributed by atoms with van der Waals surface area (Å²) in [6.45, 7) is 5.79. The first-order valence-electron chi connectivity index (χ1n) is 7.23. The highest BCUT2D eigenvalue weighted by molar-refractivity contribution is 4.93. The molecular weight excluding hydrogens is 210 g/mol. The molecule has 2 nitrogen and oxygen atoms in total. The summed E-state index contributed by atoms with van der Waals surface area (Å²) < 4.78 is 0. The standard InChI is InChI=1S/C15H29NO/c1-13(2)8-9-15(12-17)16-11-10-14-6-4-3-5-7-14/h4,6,13-17H,3,5,7-12H2,1-2H3. The molecule has 0 aliphatic heterocycles. The molecule has 2 atom stereocenters. The minimum atomic E-state index is 0.271. The minimum Gasteiger partial charge on any atom is -0.395 e. The number of nitrogens with one attached hydrogen (secondary N) is 1. The molecule has 2 unspecified atom stereocenters. The number of allylic oxidation sites excluding steroid dienone is 2. The summed E-state index contributed by atoms with van der Waals surface area (Å²) in [6, 6.07) is 0.296. The predicted octanol–water partition coefficient (Wildman–Crippen LogP) is 3.12. The zero-order valence-electron chi connectivity index (χ0n) is 11.5. The van der Waals surface area contributed by atoms with Gasteiger partial charge in [-0.2, -0.15) is 0 Å². The first-order chi connectivity index (χ1) is 8.22. The highest BCUT2D eigenvalue weighted by Crippen LogP contribution is 2.19. The van der Waals surface area contributed by atoms with E-state index in [1.54, 1.807) is 0 Å². The van der Waals surface area contributed by atoms with Crippen LogP contribution in [0.1, 0.15) is 52.4 Å². The third-order valence-corrected chi connectivity index (χ3v) is 3.61. The lowest BCUT2D eigenvalue weighted by Crippen LogP contribution is -2.34. The van der Waals surface area contributed by atoms with Gasteiger partial charge in [-0.3, -0.25) is 0 Å². The van der Waals surface area contributed by atoms with Crippen LogP contribution < -0.4 is 5.32 Å². The average Bonchev–Trinajstić information content (AvgIpc) is 2.34. The Morgan fingerprint density at radius 3 is 2.76 bits per heavy atom. The SMILES string of the molecule is CC(C)CCC(CO)NCCC1C=CCCC1. The molecule has 0 radical (unpaired) electrons. The highest BCUT2D eigenvalue weighted by atomic mass is 16.3. The van der Waals surface area contributed by atoms with Crippen molar-refractivity contribution in [2.24, 2.45) is 11.8 Å². The maximum atomic E-state index is 9.30. The quantitative estimate of drug-likeness (QED) is 0.638. The van der Waals surface area contributed by atoms with Gasteiger partial charge in [0.15, 0.2) is 0 Å². The summed E-state index contributed by atoms with van der Waals surface area (Å²) in [4.78, 5) is 0. The molecule has 0 spiro atoms. The fourth-order valence-electron chi connectivity index (χ4n) is 2.39. The first kappa shape index (κ1) is 14.7. The molecule has 100 valence electrons. The summed E-state index contributed by atoms with van der Waals surface area (Å²) in [5, 5.41) is 12.8. The molecule has 0 saturated heterocycles. The second-order valence-electron chi connectivity index (χ2n) is 5.71. The maximum Gasteiger partial charge on any atom is 0.0584 e. The Kier molecular flexibility index (Phi) is 7.54. The summed E-state index contributed by atoms with van der Waals surface area (Å²) >= 11 is 0. The van der Waals surface area contributed by atoms with E-state index in [1.165, 1.54) is 32.1 Å². The van der Waals surface area contributed by atoms with Crippen LogP contribution in [0.25, 0.3) is 0 Å². The molecule has 0 aromatic heterocycles. The number of aliphatic hydroxyl groups excluding tert-OH is 1. The second kappa shape index (κ2) is 8.71. The van der Waals surface area contributed by atoms with Gasteiger partial charge in [0.2, 0.25) is 0 Å². The molecule has 0 saturated carbocycles. The summed E-state index contributed by atoms with van der Waals surface area (Å²) in [7, 11) is 0. The first-order valence-corrected chi connectivity index (χ1v) is 7.23. The zero-order valence-corrected chi connectivity index (χ0v) is 11.5. The van der Waals surface area contributed by atoms with Crippen molar-refractivity contribution >= 4 is 0 Å². The third-order valence-electron chi connectivity index (χ3n) is 3.61. The van der Waals surface area contributed by atoms with Crippen molar-refractivity contribution < 1.29 is 5.11 Å². The van der Waals surface area contributed by atoms with Gasteiger partial charge >= 0.3 is 0 Å². The normalized spacial score (nSPS) is 22.0. The Morgan fingerprint density at radius 1 is 1.35 bits per heavy atom. The molecule has 0 bridgehead atoms. The Bertz CT molecular complexity index is 213. The molecule has 1 aliphatic rings. The van der Waals surface area contributed by atoms with Gasteiger partial charge in [0.25, 0.3) is 0 Å². The van der Waals surface area contributed by atoms with E-state index >= 15 is 0 Å². The summed E-state index contributed by atoms with van der Waals surface area (Å²) in [6.07, 6.45) is 12.1. The van der Waals surface area contributed by atoms with Crippen molar-refractivity contribution in [3.05, 3.63) is 12.2 Å². The van der Waals surface area contributed by atoms with Gasteiger partial charge in [-0.25, -0.2) is 0 Å². The van der Waals surface area contributed by atoms with E-state index in [2.05, 4.69) is 31.3 Å². The summed E-state index contributed by atoms with van der Waals surface area (Å²) in [5.41, 5.74) is 0. The number of hydrogen-bond acceptors (Lipinski definition) is 2. The number of aliphatic hydroxyl groups is 1. The number of rotatable bonds is 8. The fourth-order valence-corrected chi connectivity index (χ4v) is 2.39. The van der Waals surface area contributed by atoms with E-state index in [0.29, 0.717) is 6.04 Å². The molecule has 0 fully saturated rings. The Morgan fingerprint density at radius 2 is 2.18 bits per heavy atom. The Hall–Kier alpha value is -0.340. The highest BCUT2D eigenvalue weighted by Gasteiger charge is 2.11. The van der Waals surface area contributed by atoms with E-state index in [-0.39, 0.29) is 6.61 Å². The smallest absolute Gasteiger partial charge is 0.0584 e. The van der Waals surface area contributed by atoms with E-state index in [4.69, 9.17) is 0 Å². The van der Waals surface area contributed by atoms with Gasteiger partial charge in [0.05, 0.1) is 6.61 Å². The second-order valence-corrected chi connectivity index (χ2v) is 5.71. The van der Waals surface area contributed by atoms with Gasteiger partial charge in [-0.05, 0) is 56.9 Å². The van der Waals surface area contributed by atoms with Crippen molar-refractivity contribution in [2.45, 2.75) is 58.4 Å². The fraction of sp³-hybridized carbons (Fsp3) is 0.867. The van der Waals surface area contributed by atoms with Crippen molar-refractivity contribution in [2.75, 3.05) is 13.2 Å². The van der Waals surface area contributed by atoms with Crippen LogP contribution in [-0.2, 0) is 0 Å². The molecule has 0 heterocycles. The average molecular weight is 239 g/mol. The van der Waals surface area contributed by atoms with E-state index in [1.807, 2.05) is 0 Å². The lowest BCUT2D eigenvalue weighted by atomic mass is 9.93. The van der Waals surface area contributed by atoms with Gasteiger partial charge in [0, 0.05) is 6.04 Å². The third kappa shape index (κ3) is 6.85. The van der Waals surface area contributed by atoms with Gasteiger partial charge in [-0.15, -0.1) is 0 Å². The molecule has 1 rings (SSSR count). The lowest BCUT2D eigenvalue weighted by molar-refractivity contribution is 0.228. The van der Waals surface area contributed by atoms with Crippen LogP contribution in [0.3, 0.4) is 0 Å². The molecule has 0 amide bonds. The van der Waals surface area contributed by atoms with E-state index < -0.39 is 0 Å². The summed E-state index contributed by atoms with van der Waals surface area (Å²) in [5.74, 6) is 1.49. The van der Waals surface area contributed by atoms with Crippen molar-refractivity contribution in [3.8, 4) is 0 Å². The maximum absolute atomic E-state index is 9.30. The van der Waals surface area contributed by atoms with Crippen LogP contribution in [0.5, 0.6) is 0 Å². The van der Waals surface area contributed by atoms with Crippen LogP contribution in [0, 0.1) is 11.8 Å². The largest absolute Gasteiger partial charge is 0.395 e. The molecule has 0 aromatic rings. The molecule has 17 heavy (non-hydrogen) atoms. The van der Waals surface area contributed by atoms with Crippen LogP contribution in [-0.4, -0.2) is 24.3 Å². The Labute approximate surface area is 106 Å². The topological polar surface area (TPSA) is 32.3 Å². The molecule has 2 N–H and O–H groups in total. The van der Waals surface area contributed by atoms with Gasteiger partial charge < -0.3 is 10.4 Å².